The Kier molecular flexibility index (Phi) is 5.86. The fourth-order valence-electron chi connectivity index (χ4n) is 3.16. The third kappa shape index (κ3) is 4.69. The predicted molar refractivity (Wildman–Crippen MR) is 107 cm³/mol. The molecule has 0 spiro atoms. The van der Waals surface area contributed by atoms with Gasteiger partial charge in [0.05, 0.1) is 11.4 Å². The van der Waals surface area contributed by atoms with Crippen molar-refractivity contribution in [2.24, 2.45) is 11.1 Å². The number of piperidine rings is 1. The summed E-state index contributed by atoms with van der Waals surface area (Å²) in [5.41, 5.74) is 14.9. The van der Waals surface area contributed by atoms with E-state index in [0.717, 1.165) is 29.8 Å². The van der Waals surface area contributed by atoms with Gasteiger partial charge in [0, 0.05) is 30.7 Å². The Morgan fingerprint density at radius 1 is 1.35 bits per heavy atom. The number of nitrogens with one attached hydrogen (secondary N) is 1. The summed E-state index contributed by atoms with van der Waals surface area (Å²) in [6.07, 6.45) is 1.20. The summed E-state index contributed by atoms with van der Waals surface area (Å²) in [4.78, 5) is 14.0. The molecule has 1 aromatic rings. The summed E-state index contributed by atoms with van der Waals surface area (Å²) in [5, 5.41) is 3.35. The molecule has 1 amide bonds. The number of likely N-dealkylation sites (tertiary alicyclic amines) is 1. The van der Waals surface area contributed by atoms with Crippen LogP contribution in [0.3, 0.4) is 0 Å². The number of nitrogens with zero attached hydrogens (tertiary/aromatic N) is 1. The van der Waals surface area contributed by atoms with Gasteiger partial charge in [0.2, 0.25) is 0 Å². The molecule has 0 saturated carbocycles. The number of ether oxygens (including phenoxy) is 1. The van der Waals surface area contributed by atoms with E-state index < -0.39 is 5.60 Å². The Bertz CT molecular complexity index is 671. The first kappa shape index (κ1) is 20.1. The lowest BCUT2D eigenvalue weighted by Crippen LogP contribution is -2.49. The maximum Gasteiger partial charge on any atom is 0.410 e. The predicted octanol–water partition coefficient (Wildman–Crippen LogP) is 3.48. The van der Waals surface area contributed by atoms with E-state index >= 15 is 0 Å². The van der Waals surface area contributed by atoms with Gasteiger partial charge in [-0.25, -0.2) is 4.79 Å². The molecule has 1 aromatic carbocycles. The van der Waals surface area contributed by atoms with Gasteiger partial charge in [0.1, 0.15) is 5.60 Å². The summed E-state index contributed by atoms with van der Waals surface area (Å²) in [6, 6.07) is 5.89. The van der Waals surface area contributed by atoms with Crippen LogP contribution in [-0.4, -0.2) is 36.2 Å². The molecule has 1 aliphatic heterocycles. The van der Waals surface area contributed by atoms with Crippen molar-refractivity contribution >= 4 is 17.5 Å². The average molecular weight is 361 g/mol. The van der Waals surface area contributed by atoms with Gasteiger partial charge in [-0.05, 0) is 58.2 Å². The zero-order valence-electron chi connectivity index (χ0n) is 16.4. The number of nitrogens with two attached hydrogens (primary N) is 2. The first-order valence-corrected chi connectivity index (χ1v) is 9.07. The van der Waals surface area contributed by atoms with Crippen molar-refractivity contribution < 1.29 is 9.53 Å². The third-order valence-electron chi connectivity index (χ3n) is 4.90. The molecular weight excluding hydrogens is 328 g/mol. The van der Waals surface area contributed by atoms with E-state index in [9.17, 15) is 4.79 Å². The highest BCUT2D eigenvalue weighted by molar-refractivity contribution is 5.70. The van der Waals surface area contributed by atoms with Crippen molar-refractivity contribution in [3.8, 4) is 0 Å². The molecule has 144 valence electrons. The summed E-state index contributed by atoms with van der Waals surface area (Å²) in [5.74, 6) is 0. The van der Waals surface area contributed by atoms with Crippen molar-refractivity contribution in [2.75, 3.05) is 30.7 Å². The van der Waals surface area contributed by atoms with Crippen LogP contribution in [0.25, 0.3) is 0 Å². The minimum Gasteiger partial charge on any atom is -0.444 e. The molecule has 0 radical (unpaired) electrons. The van der Waals surface area contributed by atoms with Gasteiger partial charge in [-0.1, -0.05) is 12.6 Å². The fraction of sp³-hybridized carbons (Fsp3) is 0.550. The van der Waals surface area contributed by atoms with Gasteiger partial charge in [0.25, 0.3) is 0 Å². The van der Waals surface area contributed by atoms with E-state index in [2.05, 4.69) is 11.9 Å². The van der Waals surface area contributed by atoms with Crippen LogP contribution in [-0.2, 0) is 4.74 Å². The second-order valence-corrected chi connectivity index (χ2v) is 8.15. The highest BCUT2D eigenvalue weighted by atomic mass is 16.6. The van der Waals surface area contributed by atoms with Crippen LogP contribution < -0.4 is 16.8 Å². The maximum atomic E-state index is 12.3. The van der Waals surface area contributed by atoms with Gasteiger partial charge >= 0.3 is 6.09 Å². The van der Waals surface area contributed by atoms with E-state index in [0.29, 0.717) is 25.3 Å². The first-order valence-electron chi connectivity index (χ1n) is 9.07. The Hall–Kier alpha value is -2.21. The molecule has 0 aliphatic carbocycles. The van der Waals surface area contributed by atoms with Crippen LogP contribution in [0.15, 0.2) is 30.5 Å². The molecule has 1 saturated heterocycles. The number of carbonyl (C=O) groups excluding carboxylic acids is 1. The Balaban J connectivity index is 2.03. The molecule has 0 aromatic heterocycles. The van der Waals surface area contributed by atoms with Crippen molar-refractivity contribution in [3.05, 3.63) is 36.0 Å². The largest absolute Gasteiger partial charge is 0.444 e. The normalized spacial score (nSPS) is 16.9. The van der Waals surface area contributed by atoms with E-state index in [1.54, 1.807) is 4.90 Å². The van der Waals surface area contributed by atoms with E-state index in [4.69, 9.17) is 16.2 Å². The standard InChI is InChI=1S/C20H32N4O2/c1-14-6-7-17(16(22)12-14)23-15(2)20(13-21)8-10-24(11-9-20)18(25)26-19(3,4)5/h6-7,12,23H,2,8-11,13,21-22H2,1,3-5H3. The smallest absolute Gasteiger partial charge is 0.410 e. The van der Waals surface area contributed by atoms with Crippen molar-refractivity contribution in [1.29, 1.82) is 0 Å². The van der Waals surface area contributed by atoms with Crippen LogP contribution in [0.1, 0.15) is 39.2 Å². The summed E-state index contributed by atoms with van der Waals surface area (Å²) < 4.78 is 5.46. The number of benzene rings is 1. The molecule has 0 atom stereocenters. The third-order valence-corrected chi connectivity index (χ3v) is 4.90. The molecule has 0 unspecified atom stereocenters. The molecule has 2 rings (SSSR count). The number of amides is 1. The monoisotopic (exact) mass is 360 g/mol. The Labute approximate surface area is 156 Å². The number of carbonyl (C=O) groups is 1. The maximum absolute atomic E-state index is 12.3. The van der Waals surface area contributed by atoms with Crippen LogP contribution in [0.4, 0.5) is 16.2 Å². The summed E-state index contributed by atoms with van der Waals surface area (Å²) >= 11 is 0. The van der Waals surface area contributed by atoms with Gasteiger partial charge < -0.3 is 26.4 Å². The molecule has 1 heterocycles. The molecule has 1 aliphatic rings. The zero-order chi connectivity index (χ0) is 19.5. The molecular formula is C20H32N4O2. The molecule has 1 fully saturated rings. The van der Waals surface area contributed by atoms with Gasteiger partial charge in [-0.3, -0.25) is 0 Å². The summed E-state index contributed by atoms with van der Waals surface area (Å²) in [6.45, 7) is 13.5. The minimum absolute atomic E-state index is 0.268. The van der Waals surface area contributed by atoms with Crippen molar-refractivity contribution in [1.82, 2.24) is 4.90 Å². The second kappa shape index (κ2) is 7.58. The van der Waals surface area contributed by atoms with Crippen LogP contribution >= 0.6 is 0 Å². The number of hydrogen-bond donors (Lipinski definition) is 3. The SMILES string of the molecule is C=C(Nc1ccc(C)cc1N)C1(CN)CCN(C(=O)OC(C)(C)C)CC1. The molecule has 0 bridgehead atoms. The lowest BCUT2D eigenvalue weighted by molar-refractivity contribution is 0.0141. The van der Waals surface area contributed by atoms with Crippen LogP contribution in [0, 0.1) is 12.3 Å². The molecule has 6 nitrogen and oxygen atoms in total. The quantitative estimate of drug-likeness (QED) is 0.715. The fourth-order valence-corrected chi connectivity index (χ4v) is 3.16. The second-order valence-electron chi connectivity index (χ2n) is 8.15. The van der Waals surface area contributed by atoms with E-state index in [1.807, 2.05) is 45.9 Å². The van der Waals surface area contributed by atoms with Crippen molar-refractivity contribution in [3.63, 3.8) is 0 Å². The first-order chi connectivity index (χ1) is 12.1. The van der Waals surface area contributed by atoms with Crippen LogP contribution in [0.5, 0.6) is 0 Å². The minimum atomic E-state index is -0.492. The lowest BCUT2D eigenvalue weighted by Gasteiger charge is -2.42. The van der Waals surface area contributed by atoms with E-state index in [1.165, 1.54) is 0 Å². The molecule has 6 heteroatoms. The number of rotatable bonds is 4. The number of nitrogen functional groups attached to an aromatic ring is 1. The van der Waals surface area contributed by atoms with Crippen LogP contribution in [0.2, 0.25) is 0 Å². The Morgan fingerprint density at radius 3 is 2.46 bits per heavy atom. The van der Waals surface area contributed by atoms with Gasteiger partial charge in [0.15, 0.2) is 0 Å². The number of anilines is 2. The number of hydrogen-bond acceptors (Lipinski definition) is 5. The van der Waals surface area contributed by atoms with Gasteiger partial charge in [-0.2, -0.15) is 0 Å². The lowest BCUT2D eigenvalue weighted by atomic mass is 9.76. The Morgan fingerprint density at radius 2 is 1.96 bits per heavy atom. The van der Waals surface area contributed by atoms with E-state index in [-0.39, 0.29) is 11.5 Å². The molecule has 5 N–H and O–H groups in total. The highest BCUT2D eigenvalue weighted by Gasteiger charge is 2.38. The average Bonchev–Trinajstić information content (AvgIpc) is 2.55. The molecule has 26 heavy (non-hydrogen) atoms. The number of aryl methyl sites for hydroxylation is 1. The highest BCUT2D eigenvalue weighted by Crippen LogP contribution is 2.38. The van der Waals surface area contributed by atoms with Gasteiger partial charge in [-0.15, -0.1) is 0 Å². The topological polar surface area (TPSA) is 93.6 Å². The zero-order valence-corrected chi connectivity index (χ0v) is 16.4. The van der Waals surface area contributed by atoms with Crippen molar-refractivity contribution in [2.45, 2.75) is 46.1 Å². The summed E-state index contributed by atoms with van der Waals surface area (Å²) in [7, 11) is 0.